The first-order chi connectivity index (χ1) is 17.0. The molecule has 11 nitrogen and oxygen atoms in total. The van der Waals surface area contributed by atoms with Gasteiger partial charge in [-0.05, 0) is 38.5 Å². The molecule has 1 aliphatic rings. The molecular weight excluding hydrogens is 448 g/mol. The second-order valence-corrected chi connectivity index (χ2v) is 8.52. The van der Waals surface area contributed by atoms with Crippen LogP contribution in [0.3, 0.4) is 0 Å². The number of hydrogen-bond donors (Lipinski definition) is 2. The fraction of sp³-hybridized carbons (Fsp3) is 0.250. The molecule has 0 unspecified atom stereocenters. The number of aryl methyl sites for hydroxylation is 3. The van der Waals surface area contributed by atoms with Crippen LogP contribution in [0.1, 0.15) is 46.2 Å². The summed E-state index contributed by atoms with van der Waals surface area (Å²) in [7, 11) is 0. The van der Waals surface area contributed by atoms with E-state index in [0.29, 0.717) is 35.8 Å². The SMILES string of the molecule is Cc1noc(C)c1COc1ccc([C@H]2CC(=O)Nc3c2c(C)nn3-c2ncnc3nc[nH]c23)cc1. The number of rotatable bonds is 5. The van der Waals surface area contributed by atoms with Crippen molar-refractivity contribution < 1.29 is 14.1 Å². The fourth-order valence-corrected chi connectivity index (χ4v) is 4.56. The van der Waals surface area contributed by atoms with Crippen LogP contribution in [0.4, 0.5) is 5.82 Å². The highest BCUT2D eigenvalue weighted by molar-refractivity contribution is 5.95. The number of carbonyl (C=O) groups is 1. The van der Waals surface area contributed by atoms with Crippen molar-refractivity contribution in [1.82, 2.24) is 34.9 Å². The van der Waals surface area contributed by atoms with Crippen LogP contribution in [0.2, 0.25) is 0 Å². The predicted molar refractivity (Wildman–Crippen MR) is 125 cm³/mol. The van der Waals surface area contributed by atoms with E-state index in [-0.39, 0.29) is 11.8 Å². The summed E-state index contributed by atoms with van der Waals surface area (Å²) in [5.74, 6) is 2.38. The molecule has 5 heterocycles. The molecule has 1 atom stereocenters. The van der Waals surface area contributed by atoms with E-state index in [1.807, 2.05) is 45.0 Å². The van der Waals surface area contributed by atoms with Crippen LogP contribution < -0.4 is 10.1 Å². The quantitative estimate of drug-likeness (QED) is 0.398. The zero-order valence-electron chi connectivity index (χ0n) is 19.4. The largest absolute Gasteiger partial charge is 0.489 e. The molecule has 1 aliphatic heterocycles. The molecule has 1 amide bonds. The molecular formula is C24H22N8O3. The van der Waals surface area contributed by atoms with E-state index in [0.717, 1.165) is 39.6 Å². The normalized spacial score (nSPS) is 15.3. The molecule has 35 heavy (non-hydrogen) atoms. The Morgan fingerprint density at radius 1 is 1.11 bits per heavy atom. The highest BCUT2D eigenvalue weighted by Crippen LogP contribution is 2.40. The lowest BCUT2D eigenvalue weighted by molar-refractivity contribution is -0.116. The molecule has 6 rings (SSSR count). The van der Waals surface area contributed by atoms with Crippen LogP contribution in [0, 0.1) is 20.8 Å². The summed E-state index contributed by atoms with van der Waals surface area (Å²) in [4.78, 5) is 28.6. The van der Waals surface area contributed by atoms with Gasteiger partial charge in [-0.25, -0.2) is 15.0 Å². The molecule has 1 aromatic carbocycles. The number of imidazole rings is 1. The summed E-state index contributed by atoms with van der Waals surface area (Å²) in [6, 6.07) is 7.81. The van der Waals surface area contributed by atoms with Crippen LogP contribution in [-0.2, 0) is 11.4 Å². The minimum atomic E-state index is -0.150. The summed E-state index contributed by atoms with van der Waals surface area (Å²) < 4.78 is 12.8. The average molecular weight is 470 g/mol. The number of aromatic amines is 1. The molecule has 0 bridgehead atoms. The van der Waals surface area contributed by atoms with Gasteiger partial charge in [0.2, 0.25) is 5.91 Å². The second kappa shape index (κ2) is 8.05. The van der Waals surface area contributed by atoms with Gasteiger partial charge in [-0.2, -0.15) is 9.78 Å². The lowest BCUT2D eigenvalue weighted by atomic mass is 9.86. The van der Waals surface area contributed by atoms with Crippen molar-refractivity contribution in [2.24, 2.45) is 0 Å². The summed E-state index contributed by atoms with van der Waals surface area (Å²) >= 11 is 0. The van der Waals surface area contributed by atoms with Crippen molar-refractivity contribution in [3.63, 3.8) is 0 Å². The molecule has 5 aromatic rings. The fourth-order valence-electron chi connectivity index (χ4n) is 4.56. The van der Waals surface area contributed by atoms with Crippen molar-refractivity contribution in [1.29, 1.82) is 0 Å². The number of amides is 1. The first-order valence-electron chi connectivity index (χ1n) is 11.2. The minimum absolute atomic E-state index is 0.0858. The van der Waals surface area contributed by atoms with Gasteiger partial charge in [0.25, 0.3) is 0 Å². The maximum Gasteiger partial charge on any atom is 0.226 e. The third kappa shape index (κ3) is 3.52. The monoisotopic (exact) mass is 470 g/mol. The Balaban J connectivity index is 1.33. The Kier molecular flexibility index (Phi) is 4.83. The summed E-state index contributed by atoms with van der Waals surface area (Å²) in [5, 5.41) is 11.7. The standard InChI is InChI=1S/C24H22N8O3/c1-12-18(14(3)35-31-12)9-34-16-6-4-15(5-7-16)17-8-19(33)29-23-20(17)13(2)30-32(23)24-21-22(26-10-25-21)27-11-28-24/h4-7,10-11,17H,8-9H2,1-3H3,(H,29,33)(H,25,26,27,28)/t17-/m1/s1. The number of anilines is 1. The van der Waals surface area contributed by atoms with Crippen molar-refractivity contribution in [2.75, 3.05) is 5.32 Å². The van der Waals surface area contributed by atoms with Crippen LogP contribution in [0.15, 0.2) is 41.4 Å². The van der Waals surface area contributed by atoms with E-state index in [2.05, 4.69) is 30.4 Å². The lowest BCUT2D eigenvalue weighted by Gasteiger charge is -2.24. The van der Waals surface area contributed by atoms with Crippen LogP contribution in [0.5, 0.6) is 5.75 Å². The third-order valence-electron chi connectivity index (χ3n) is 6.35. The Morgan fingerprint density at radius 2 is 1.94 bits per heavy atom. The van der Waals surface area contributed by atoms with Gasteiger partial charge in [0, 0.05) is 17.9 Å². The maximum absolute atomic E-state index is 12.7. The van der Waals surface area contributed by atoms with E-state index in [1.54, 1.807) is 11.0 Å². The average Bonchev–Trinajstić information content (AvgIpc) is 3.55. The van der Waals surface area contributed by atoms with E-state index in [1.165, 1.54) is 6.33 Å². The number of ether oxygens (including phenoxy) is 1. The topological polar surface area (TPSA) is 137 Å². The second-order valence-electron chi connectivity index (χ2n) is 8.52. The number of benzene rings is 1. The van der Waals surface area contributed by atoms with Crippen LogP contribution in [-0.4, -0.2) is 40.8 Å². The lowest BCUT2D eigenvalue weighted by Crippen LogP contribution is -2.25. The molecule has 0 aliphatic carbocycles. The summed E-state index contributed by atoms with van der Waals surface area (Å²) in [5.41, 5.74) is 5.72. The number of nitrogens with one attached hydrogen (secondary N) is 2. The number of H-pyrrole nitrogens is 1. The highest BCUT2D eigenvalue weighted by Gasteiger charge is 2.33. The zero-order valence-corrected chi connectivity index (χ0v) is 19.4. The molecule has 0 saturated carbocycles. The van der Waals surface area contributed by atoms with Crippen LogP contribution >= 0.6 is 0 Å². The Hall–Kier alpha value is -4.54. The third-order valence-corrected chi connectivity index (χ3v) is 6.35. The first-order valence-corrected chi connectivity index (χ1v) is 11.2. The first kappa shape index (κ1) is 21.0. The Labute approximate surface area is 199 Å². The van der Waals surface area contributed by atoms with E-state index in [9.17, 15) is 4.79 Å². The molecule has 176 valence electrons. The molecule has 2 N–H and O–H groups in total. The maximum atomic E-state index is 12.7. The molecule has 0 saturated heterocycles. The molecule has 0 fully saturated rings. The number of hydrogen-bond acceptors (Lipinski definition) is 8. The Bertz CT molecular complexity index is 1540. The molecule has 0 radical (unpaired) electrons. The van der Waals surface area contributed by atoms with E-state index in [4.69, 9.17) is 14.4 Å². The van der Waals surface area contributed by atoms with Gasteiger partial charge in [0.05, 0.1) is 23.3 Å². The van der Waals surface area contributed by atoms with Crippen molar-refractivity contribution in [3.05, 3.63) is 70.8 Å². The van der Waals surface area contributed by atoms with Gasteiger partial charge < -0.3 is 19.6 Å². The number of fused-ring (bicyclic) bond motifs is 2. The number of aromatic nitrogens is 7. The van der Waals surface area contributed by atoms with Crippen molar-refractivity contribution in [2.45, 2.75) is 39.7 Å². The summed E-state index contributed by atoms with van der Waals surface area (Å²) in [6.45, 7) is 6.08. The number of nitrogens with zero attached hydrogens (tertiary/aromatic N) is 6. The van der Waals surface area contributed by atoms with Crippen LogP contribution in [0.25, 0.3) is 17.0 Å². The van der Waals surface area contributed by atoms with Crippen molar-refractivity contribution in [3.8, 4) is 11.6 Å². The molecule has 0 spiro atoms. The van der Waals surface area contributed by atoms with Gasteiger partial charge in [-0.1, -0.05) is 17.3 Å². The van der Waals surface area contributed by atoms with E-state index >= 15 is 0 Å². The van der Waals surface area contributed by atoms with Gasteiger partial charge in [0.1, 0.15) is 35.8 Å². The molecule has 11 heteroatoms. The smallest absolute Gasteiger partial charge is 0.226 e. The van der Waals surface area contributed by atoms with Crippen molar-refractivity contribution >= 4 is 22.9 Å². The van der Waals surface area contributed by atoms with Gasteiger partial charge in [-0.15, -0.1) is 0 Å². The van der Waals surface area contributed by atoms with Gasteiger partial charge in [-0.3, -0.25) is 4.79 Å². The predicted octanol–water partition coefficient (Wildman–Crippen LogP) is 3.50. The highest BCUT2D eigenvalue weighted by atomic mass is 16.5. The zero-order chi connectivity index (χ0) is 24.1. The number of carbonyl (C=O) groups excluding carboxylic acids is 1. The van der Waals surface area contributed by atoms with Gasteiger partial charge >= 0.3 is 0 Å². The minimum Gasteiger partial charge on any atom is -0.489 e. The molecule has 4 aromatic heterocycles. The van der Waals surface area contributed by atoms with Gasteiger partial charge in [0.15, 0.2) is 11.5 Å². The Morgan fingerprint density at radius 3 is 2.71 bits per heavy atom. The summed E-state index contributed by atoms with van der Waals surface area (Å²) in [6.07, 6.45) is 3.32. The van der Waals surface area contributed by atoms with E-state index < -0.39 is 0 Å².